The third-order valence-electron chi connectivity index (χ3n) is 6.44. The zero-order chi connectivity index (χ0) is 21.2. The summed E-state index contributed by atoms with van der Waals surface area (Å²) in [7, 11) is 1.78. The Hall–Kier alpha value is -0.900. The number of halogens is 1. The molecular formula is C24H42IN5O. The monoisotopic (exact) mass is 543 g/mol. The summed E-state index contributed by atoms with van der Waals surface area (Å²) in [6.07, 6.45) is 3.63. The fourth-order valence-electron chi connectivity index (χ4n) is 4.59. The summed E-state index contributed by atoms with van der Waals surface area (Å²) >= 11 is 0. The molecule has 2 atom stereocenters. The Bertz CT molecular complexity index is 636. The molecule has 31 heavy (non-hydrogen) atoms. The summed E-state index contributed by atoms with van der Waals surface area (Å²) in [5, 5.41) is 7.17. The van der Waals surface area contributed by atoms with Crippen LogP contribution < -0.4 is 10.6 Å². The Morgan fingerprint density at radius 1 is 1.19 bits per heavy atom. The third-order valence-corrected chi connectivity index (χ3v) is 6.44. The number of nitrogens with one attached hydrogen (secondary N) is 2. The van der Waals surface area contributed by atoms with Crippen molar-refractivity contribution in [3.05, 3.63) is 35.9 Å². The van der Waals surface area contributed by atoms with Crippen LogP contribution in [0.2, 0.25) is 0 Å². The number of likely N-dealkylation sites (tertiary alicyclic amines) is 2. The van der Waals surface area contributed by atoms with Gasteiger partial charge in [0.2, 0.25) is 0 Å². The second kappa shape index (κ2) is 14.3. The first-order valence-electron chi connectivity index (χ1n) is 11.7. The first-order valence-corrected chi connectivity index (χ1v) is 11.7. The first kappa shape index (κ1) is 26.4. The molecule has 2 aliphatic rings. The Kier molecular flexibility index (Phi) is 12.1. The van der Waals surface area contributed by atoms with Gasteiger partial charge in [0.25, 0.3) is 0 Å². The lowest BCUT2D eigenvalue weighted by Gasteiger charge is -2.31. The van der Waals surface area contributed by atoms with Gasteiger partial charge in [0.15, 0.2) is 5.96 Å². The standard InChI is InChI=1S/C24H41N5O.HI/c1-4-25-24(26-17-21-10-12-28(13-11-21)14-15-30-3)27-23-16-20(2)29(19-23)18-22-8-6-5-7-9-22;/h5-9,20-21,23H,4,10-19H2,1-3H3,(H2,25,26,27);1H. The van der Waals surface area contributed by atoms with Crippen molar-refractivity contribution in [2.24, 2.45) is 10.9 Å². The minimum absolute atomic E-state index is 0. The smallest absolute Gasteiger partial charge is 0.191 e. The molecule has 2 heterocycles. The Morgan fingerprint density at radius 2 is 1.94 bits per heavy atom. The average molecular weight is 544 g/mol. The van der Waals surface area contributed by atoms with Crippen molar-refractivity contribution in [2.45, 2.75) is 51.7 Å². The van der Waals surface area contributed by atoms with Crippen LogP contribution in [0.3, 0.4) is 0 Å². The Labute approximate surface area is 206 Å². The summed E-state index contributed by atoms with van der Waals surface area (Å²) in [5.74, 6) is 1.68. The Morgan fingerprint density at radius 3 is 2.61 bits per heavy atom. The predicted octanol–water partition coefficient (Wildman–Crippen LogP) is 3.18. The molecule has 2 saturated heterocycles. The number of piperidine rings is 1. The van der Waals surface area contributed by atoms with Crippen molar-refractivity contribution in [1.29, 1.82) is 0 Å². The highest BCUT2D eigenvalue weighted by molar-refractivity contribution is 14.0. The van der Waals surface area contributed by atoms with Gasteiger partial charge in [-0.15, -0.1) is 24.0 Å². The van der Waals surface area contributed by atoms with Crippen LogP contribution >= 0.6 is 24.0 Å². The van der Waals surface area contributed by atoms with Crippen LogP contribution in [0.25, 0.3) is 0 Å². The number of guanidine groups is 1. The first-order chi connectivity index (χ1) is 14.7. The van der Waals surface area contributed by atoms with E-state index in [1.165, 1.54) is 31.5 Å². The van der Waals surface area contributed by atoms with E-state index in [4.69, 9.17) is 9.73 Å². The fourth-order valence-corrected chi connectivity index (χ4v) is 4.59. The molecule has 1 aromatic carbocycles. The van der Waals surface area contributed by atoms with Gasteiger partial charge in [0.05, 0.1) is 6.61 Å². The highest BCUT2D eigenvalue weighted by Gasteiger charge is 2.29. The van der Waals surface area contributed by atoms with Gasteiger partial charge in [-0.3, -0.25) is 9.89 Å². The maximum Gasteiger partial charge on any atom is 0.191 e. The second-order valence-corrected chi connectivity index (χ2v) is 8.84. The lowest BCUT2D eigenvalue weighted by Crippen LogP contribution is -2.45. The van der Waals surface area contributed by atoms with Crippen LogP contribution in [0, 0.1) is 5.92 Å². The van der Waals surface area contributed by atoms with Gasteiger partial charge in [0, 0.05) is 51.9 Å². The minimum Gasteiger partial charge on any atom is -0.383 e. The summed E-state index contributed by atoms with van der Waals surface area (Å²) in [6, 6.07) is 11.8. The van der Waals surface area contributed by atoms with Crippen molar-refractivity contribution in [3.63, 3.8) is 0 Å². The van der Waals surface area contributed by atoms with Crippen molar-refractivity contribution in [2.75, 3.05) is 53.0 Å². The number of ether oxygens (including phenoxy) is 1. The molecule has 0 radical (unpaired) electrons. The van der Waals surface area contributed by atoms with Crippen LogP contribution in [0.4, 0.5) is 0 Å². The summed E-state index contributed by atoms with van der Waals surface area (Å²) in [6.45, 7) is 12.6. The molecule has 0 aromatic heterocycles. The molecule has 3 rings (SSSR count). The van der Waals surface area contributed by atoms with E-state index < -0.39 is 0 Å². The van der Waals surface area contributed by atoms with E-state index in [0.29, 0.717) is 18.0 Å². The molecule has 0 spiro atoms. The molecule has 7 heteroatoms. The summed E-state index contributed by atoms with van der Waals surface area (Å²) in [5.41, 5.74) is 1.39. The quantitative estimate of drug-likeness (QED) is 0.285. The van der Waals surface area contributed by atoms with Gasteiger partial charge in [-0.2, -0.15) is 0 Å². The summed E-state index contributed by atoms with van der Waals surface area (Å²) < 4.78 is 5.21. The molecule has 2 aliphatic heterocycles. The van der Waals surface area contributed by atoms with Crippen LogP contribution in [-0.4, -0.2) is 80.8 Å². The molecule has 0 bridgehead atoms. The van der Waals surface area contributed by atoms with E-state index in [2.05, 4.69) is 64.6 Å². The van der Waals surface area contributed by atoms with Crippen LogP contribution in [0.5, 0.6) is 0 Å². The lowest BCUT2D eigenvalue weighted by molar-refractivity contribution is 0.121. The van der Waals surface area contributed by atoms with Crippen molar-refractivity contribution in [1.82, 2.24) is 20.4 Å². The number of hydrogen-bond donors (Lipinski definition) is 2. The lowest BCUT2D eigenvalue weighted by atomic mass is 9.97. The second-order valence-electron chi connectivity index (χ2n) is 8.84. The Balaban J connectivity index is 0.00000341. The summed E-state index contributed by atoms with van der Waals surface area (Å²) in [4.78, 5) is 10.0. The van der Waals surface area contributed by atoms with Crippen molar-refractivity contribution < 1.29 is 4.74 Å². The van der Waals surface area contributed by atoms with Crippen LogP contribution in [0.15, 0.2) is 35.3 Å². The number of nitrogens with zero attached hydrogens (tertiary/aromatic N) is 3. The zero-order valence-electron chi connectivity index (χ0n) is 19.6. The van der Waals surface area contributed by atoms with Gasteiger partial charge < -0.3 is 20.3 Å². The molecule has 2 fully saturated rings. The maximum absolute atomic E-state index is 5.21. The third kappa shape index (κ3) is 8.86. The number of rotatable bonds is 9. The predicted molar refractivity (Wildman–Crippen MR) is 140 cm³/mol. The SMILES string of the molecule is CCNC(=NCC1CCN(CCOC)CC1)NC1CC(C)N(Cc2ccccc2)C1.I. The van der Waals surface area contributed by atoms with Gasteiger partial charge in [-0.1, -0.05) is 30.3 Å². The van der Waals surface area contributed by atoms with Gasteiger partial charge in [-0.05, 0) is 57.7 Å². The number of hydrogen-bond acceptors (Lipinski definition) is 4. The molecule has 2 N–H and O–H groups in total. The van der Waals surface area contributed by atoms with Crippen LogP contribution in [-0.2, 0) is 11.3 Å². The maximum atomic E-state index is 5.21. The minimum atomic E-state index is 0. The van der Waals surface area contributed by atoms with Crippen LogP contribution in [0.1, 0.15) is 38.7 Å². The van der Waals surface area contributed by atoms with Crippen molar-refractivity contribution in [3.8, 4) is 0 Å². The van der Waals surface area contributed by atoms with E-state index in [1.807, 2.05) is 0 Å². The van der Waals surface area contributed by atoms with E-state index in [1.54, 1.807) is 7.11 Å². The van der Waals surface area contributed by atoms with Gasteiger partial charge in [-0.25, -0.2) is 0 Å². The van der Waals surface area contributed by atoms with Gasteiger partial charge in [0.1, 0.15) is 0 Å². The zero-order valence-corrected chi connectivity index (χ0v) is 21.9. The number of methoxy groups -OCH3 is 1. The molecule has 0 saturated carbocycles. The molecule has 176 valence electrons. The van der Waals surface area contributed by atoms with Gasteiger partial charge >= 0.3 is 0 Å². The number of benzene rings is 1. The molecule has 1 aromatic rings. The normalized spacial score (nSPS) is 23.5. The average Bonchev–Trinajstić information content (AvgIpc) is 3.10. The highest BCUT2D eigenvalue weighted by Crippen LogP contribution is 2.20. The van der Waals surface area contributed by atoms with E-state index in [9.17, 15) is 0 Å². The number of aliphatic imine (C=N–C) groups is 1. The molecule has 0 amide bonds. The van der Waals surface area contributed by atoms with E-state index in [0.717, 1.165) is 51.7 Å². The molecule has 2 unspecified atom stereocenters. The molecular weight excluding hydrogens is 501 g/mol. The fraction of sp³-hybridized carbons (Fsp3) is 0.708. The highest BCUT2D eigenvalue weighted by atomic mass is 127. The van der Waals surface area contributed by atoms with E-state index in [-0.39, 0.29) is 24.0 Å². The largest absolute Gasteiger partial charge is 0.383 e. The molecule has 0 aliphatic carbocycles. The van der Waals surface area contributed by atoms with E-state index >= 15 is 0 Å². The van der Waals surface area contributed by atoms with Crippen molar-refractivity contribution >= 4 is 29.9 Å². The molecule has 6 nitrogen and oxygen atoms in total. The topological polar surface area (TPSA) is 52.1 Å².